The molecule has 7 heteroatoms. The molecular formula is C9H13ClN2O3S. The SMILES string of the molecule is CC(CNS(N)(=O)=O)Oc1ccc(Cl)cc1. The highest BCUT2D eigenvalue weighted by Crippen LogP contribution is 2.16. The molecule has 0 saturated carbocycles. The number of benzene rings is 1. The molecule has 0 fully saturated rings. The van der Waals surface area contributed by atoms with E-state index in [1.165, 1.54) is 0 Å². The lowest BCUT2D eigenvalue weighted by molar-refractivity contribution is 0.225. The summed E-state index contributed by atoms with van der Waals surface area (Å²) < 4.78 is 28.8. The Morgan fingerprint density at radius 2 is 2.00 bits per heavy atom. The zero-order chi connectivity index (χ0) is 12.2. The maximum atomic E-state index is 10.6. The number of nitrogens with one attached hydrogen (secondary N) is 1. The van der Waals surface area contributed by atoms with Crippen LogP contribution in [0.25, 0.3) is 0 Å². The van der Waals surface area contributed by atoms with E-state index in [-0.39, 0.29) is 12.6 Å². The Kier molecular flexibility index (Phi) is 4.55. The third-order valence-electron chi connectivity index (χ3n) is 1.72. The van der Waals surface area contributed by atoms with Gasteiger partial charge in [0.1, 0.15) is 11.9 Å². The average molecular weight is 265 g/mol. The van der Waals surface area contributed by atoms with Gasteiger partial charge in [0, 0.05) is 11.6 Å². The van der Waals surface area contributed by atoms with Crippen LogP contribution in [0, 0.1) is 0 Å². The van der Waals surface area contributed by atoms with Crippen molar-refractivity contribution < 1.29 is 13.2 Å². The van der Waals surface area contributed by atoms with Crippen LogP contribution in [0.1, 0.15) is 6.92 Å². The molecule has 0 aliphatic carbocycles. The maximum Gasteiger partial charge on any atom is 0.274 e. The highest BCUT2D eigenvalue weighted by atomic mass is 35.5. The topological polar surface area (TPSA) is 81.4 Å². The van der Waals surface area contributed by atoms with Crippen molar-refractivity contribution in [2.45, 2.75) is 13.0 Å². The Morgan fingerprint density at radius 1 is 1.44 bits per heavy atom. The molecule has 3 N–H and O–H groups in total. The molecule has 1 aromatic carbocycles. The van der Waals surface area contributed by atoms with Crippen molar-refractivity contribution in [3.63, 3.8) is 0 Å². The Bertz CT molecular complexity index is 433. The zero-order valence-corrected chi connectivity index (χ0v) is 10.3. The van der Waals surface area contributed by atoms with Crippen molar-refractivity contribution in [1.29, 1.82) is 0 Å². The van der Waals surface area contributed by atoms with E-state index in [0.29, 0.717) is 10.8 Å². The fraction of sp³-hybridized carbons (Fsp3) is 0.333. The minimum Gasteiger partial charge on any atom is -0.489 e. The minimum atomic E-state index is -3.67. The summed E-state index contributed by atoms with van der Waals surface area (Å²) in [5, 5.41) is 5.40. The molecule has 16 heavy (non-hydrogen) atoms. The Balaban J connectivity index is 2.45. The Labute approximate surface area is 99.7 Å². The largest absolute Gasteiger partial charge is 0.489 e. The number of hydrogen-bond acceptors (Lipinski definition) is 3. The van der Waals surface area contributed by atoms with Gasteiger partial charge in [0.05, 0.1) is 0 Å². The second kappa shape index (κ2) is 5.49. The minimum absolute atomic E-state index is 0.113. The first-order valence-corrected chi connectivity index (χ1v) is 6.49. The van der Waals surface area contributed by atoms with Crippen LogP contribution >= 0.6 is 11.6 Å². The molecule has 90 valence electrons. The van der Waals surface area contributed by atoms with E-state index < -0.39 is 10.2 Å². The first-order chi connectivity index (χ1) is 7.37. The molecule has 0 radical (unpaired) electrons. The number of ether oxygens (including phenoxy) is 1. The van der Waals surface area contributed by atoms with E-state index >= 15 is 0 Å². The number of nitrogens with two attached hydrogens (primary N) is 1. The van der Waals surface area contributed by atoms with Crippen LogP contribution in [-0.4, -0.2) is 21.1 Å². The number of hydrogen-bond donors (Lipinski definition) is 2. The van der Waals surface area contributed by atoms with Gasteiger partial charge in [-0.1, -0.05) is 11.6 Å². The predicted octanol–water partition coefficient (Wildman–Crippen LogP) is 0.900. The molecule has 1 unspecified atom stereocenters. The van der Waals surface area contributed by atoms with Gasteiger partial charge in [-0.2, -0.15) is 13.1 Å². The van der Waals surface area contributed by atoms with E-state index in [2.05, 4.69) is 4.72 Å². The number of rotatable bonds is 5. The fourth-order valence-electron chi connectivity index (χ4n) is 1.02. The lowest BCUT2D eigenvalue weighted by atomic mass is 10.3. The van der Waals surface area contributed by atoms with Gasteiger partial charge in [0.15, 0.2) is 0 Å². The molecule has 0 aromatic heterocycles. The van der Waals surface area contributed by atoms with Crippen LogP contribution in [-0.2, 0) is 10.2 Å². The summed E-state index contributed by atoms with van der Waals surface area (Å²) in [5.74, 6) is 0.619. The smallest absolute Gasteiger partial charge is 0.274 e. The molecular weight excluding hydrogens is 252 g/mol. The highest BCUT2D eigenvalue weighted by Gasteiger charge is 2.07. The normalized spacial score (nSPS) is 13.4. The van der Waals surface area contributed by atoms with Crippen LogP contribution in [0.4, 0.5) is 0 Å². The van der Waals surface area contributed by atoms with Gasteiger partial charge in [-0.25, -0.2) is 5.14 Å². The molecule has 1 aromatic rings. The van der Waals surface area contributed by atoms with Crippen molar-refractivity contribution >= 4 is 21.8 Å². The molecule has 0 heterocycles. The Hall–Kier alpha value is -0.820. The van der Waals surface area contributed by atoms with Crippen molar-refractivity contribution in [2.75, 3.05) is 6.54 Å². The monoisotopic (exact) mass is 264 g/mol. The molecule has 0 amide bonds. The van der Waals surface area contributed by atoms with E-state index in [4.69, 9.17) is 21.5 Å². The summed E-state index contributed by atoms with van der Waals surface area (Å²) in [6.45, 7) is 1.84. The van der Waals surface area contributed by atoms with Crippen molar-refractivity contribution in [3.8, 4) is 5.75 Å². The van der Waals surface area contributed by atoms with E-state index in [0.717, 1.165) is 0 Å². The standard InChI is InChI=1S/C9H13ClN2O3S/c1-7(6-12-16(11,13)14)15-9-4-2-8(10)3-5-9/h2-5,7,12H,6H2,1H3,(H2,11,13,14). The molecule has 5 nitrogen and oxygen atoms in total. The molecule has 1 atom stereocenters. The average Bonchev–Trinajstić information content (AvgIpc) is 2.18. The predicted molar refractivity (Wildman–Crippen MR) is 62.7 cm³/mol. The van der Waals surface area contributed by atoms with E-state index in [1.54, 1.807) is 31.2 Å². The van der Waals surface area contributed by atoms with Gasteiger partial charge < -0.3 is 4.74 Å². The summed E-state index contributed by atoms with van der Waals surface area (Å²) in [6, 6.07) is 6.79. The van der Waals surface area contributed by atoms with Crippen molar-refractivity contribution in [3.05, 3.63) is 29.3 Å². The molecule has 0 aliphatic rings. The van der Waals surface area contributed by atoms with E-state index in [9.17, 15) is 8.42 Å². The lowest BCUT2D eigenvalue weighted by Gasteiger charge is -2.14. The van der Waals surface area contributed by atoms with Crippen LogP contribution < -0.4 is 14.6 Å². The highest BCUT2D eigenvalue weighted by molar-refractivity contribution is 7.87. The van der Waals surface area contributed by atoms with Crippen molar-refractivity contribution in [1.82, 2.24) is 4.72 Å². The van der Waals surface area contributed by atoms with Gasteiger partial charge in [0.25, 0.3) is 10.2 Å². The summed E-state index contributed by atoms with van der Waals surface area (Å²) in [5.41, 5.74) is 0. The van der Waals surface area contributed by atoms with Crippen LogP contribution in [0.2, 0.25) is 5.02 Å². The van der Waals surface area contributed by atoms with Gasteiger partial charge in [-0.15, -0.1) is 0 Å². The van der Waals surface area contributed by atoms with Gasteiger partial charge >= 0.3 is 0 Å². The third-order valence-corrected chi connectivity index (χ3v) is 2.54. The molecule has 0 spiro atoms. The summed E-state index contributed by atoms with van der Waals surface area (Å²) in [4.78, 5) is 0. The molecule has 0 bridgehead atoms. The Morgan fingerprint density at radius 3 is 2.50 bits per heavy atom. The second-order valence-corrected chi connectivity index (χ2v) is 5.09. The van der Waals surface area contributed by atoms with Gasteiger partial charge in [-0.05, 0) is 31.2 Å². The van der Waals surface area contributed by atoms with Crippen molar-refractivity contribution in [2.24, 2.45) is 5.14 Å². The van der Waals surface area contributed by atoms with Crippen LogP contribution in [0.3, 0.4) is 0 Å². The van der Waals surface area contributed by atoms with Crippen LogP contribution in [0.5, 0.6) is 5.75 Å². The zero-order valence-electron chi connectivity index (χ0n) is 8.68. The lowest BCUT2D eigenvalue weighted by Crippen LogP contribution is -2.37. The third kappa shape index (κ3) is 5.32. The van der Waals surface area contributed by atoms with Crippen LogP contribution in [0.15, 0.2) is 24.3 Å². The summed E-state index contributed by atoms with van der Waals surface area (Å²) >= 11 is 5.71. The second-order valence-electron chi connectivity index (χ2n) is 3.28. The molecule has 0 aliphatic heterocycles. The van der Waals surface area contributed by atoms with Gasteiger partial charge in [-0.3, -0.25) is 0 Å². The summed E-state index contributed by atoms with van der Waals surface area (Å²) in [6.07, 6.45) is -0.320. The fourth-order valence-corrected chi connectivity index (χ4v) is 1.61. The van der Waals surface area contributed by atoms with E-state index in [1.807, 2.05) is 0 Å². The first-order valence-electron chi connectivity index (χ1n) is 4.56. The quantitative estimate of drug-likeness (QED) is 0.829. The maximum absolute atomic E-state index is 10.6. The van der Waals surface area contributed by atoms with Gasteiger partial charge in [0.2, 0.25) is 0 Å². The summed E-state index contributed by atoms with van der Waals surface area (Å²) in [7, 11) is -3.67. The molecule has 0 saturated heterocycles. The number of halogens is 1. The first kappa shape index (κ1) is 13.2. The molecule has 1 rings (SSSR count).